The minimum absolute atomic E-state index is 0.169. The monoisotopic (exact) mass is 393 g/mol. The molecule has 0 radical (unpaired) electrons. The van der Waals surface area contributed by atoms with E-state index in [1.165, 1.54) is 0 Å². The van der Waals surface area contributed by atoms with Gasteiger partial charge in [-0.3, -0.25) is 19.7 Å². The highest BCUT2D eigenvalue weighted by Crippen LogP contribution is 2.39. The lowest BCUT2D eigenvalue weighted by molar-refractivity contribution is -0.176. The molecule has 0 aromatic heterocycles. The minimum Gasteiger partial charge on any atom is -0.373 e. The molecule has 0 aliphatic carbocycles. The molecule has 4 N–H and O–H groups in total. The van der Waals surface area contributed by atoms with Crippen LogP contribution in [0.2, 0.25) is 0 Å². The highest BCUT2D eigenvalue weighted by molar-refractivity contribution is 5.96. The van der Waals surface area contributed by atoms with Gasteiger partial charge in [-0.25, -0.2) is 0 Å². The van der Waals surface area contributed by atoms with Crippen molar-refractivity contribution < 1.29 is 32.3 Å². The second kappa shape index (κ2) is 7.38. The molecular weight excluding hydrogens is 367 g/mol. The van der Waals surface area contributed by atoms with E-state index in [-0.39, 0.29) is 6.42 Å². The molecule has 7 nitrogen and oxygen atoms in total. The van der Waals surface area contributed by atoms with Gasteiger partial charge in [0.05, 0.1) is 23.7 Å². The summed E-state index contributed by atoms with van der Waals surface area (Å²) in [5.41, 5.74) is 3.36. The van der Waals surface area contributed by atoms with Crippen molar-refractivity contribution in [2.24, 2.45) is 11.1 Å². The average Bonchev–Trinajstić information content (AvgIpc) is 2.89. The van der Waals surface area contributed by atoms with E-state index >= 15 is 0 Å². The molecule has 2 rings (SSSR count). The Balaban J connectivity index is 2.33. The highest BCUT2D eigenvalue weighted by Gasteiger charge is 2.56. The van der Waals surface area contributed by atoms with E-state index in [1.54, 1.807) is 20.8 Å². The first-order valence-corrected chi connectivity index (χ1v) is 8.89. The van der Waals surface area contributed by atoms with Gasteiger partial charge in [-0.05, 0) is 24.7 Å². The smallest absolute Gasteiger partial charge is 0.373 e. The van der Waals surface area contributed by atoms with Crippen LogP contribution in [0.3, 0.4) is 0 Å². The maximum atomic E-state index is 13.2. The number of Topliss-reactive ketones (excluding diaryl/α,β-unsaturated/α-hetero) is 1. The number of carbonyl (C=O) groups excluding carboxylic acids is 3. The summed E-state index contributed by atoms with van der Waals surface area (Å²) in [5, 5.41) is 4.65. The molecule has 10 heteroatoms. The maximum absolute atomic E-state index is 13.2. The highest BCUT2D eigenvalue weighted by atomic mass is 19.4. The Kier molecular flexibility index (Phi) is 5.91. The summed E-state index contributed by atoms with van der Waals surface area (Å²) in [6.07, 6.45) is -2.92. The summed E-state index contributed by atoms with van der Waals surface area (Å²) in [5.74, 6) is -3.49. The number of carbonyl (C=O) groups is 3. The predicted octanol–water partition coefficient (Wildman–Crippen LogP) is 0.804. The maximum Gasteiger partial charge on any atom is 0.471 e. The number of rotatable bonds is 4. The number of nitrogens with one attached hydrogen (secondary N) is 2. The largest absolute Gasteiger partial charge is 0.471 e. The van der Waals surface area contributed by atoms with Crippen molar-refractivity contribution in [3.05, 3.63) is 0 Å². The first kappa shape index (κ1) is 21.6. The van der Waals surface area contributed by atoms with Gasteiger partial charge in [0.2, 0.25) is 5.91 Å². The van der Waals surface area contributed by atoms with Crippen LogP contribution in [0, 0.1) is 5.41 Å². The molecule has 4 atom stereocenters. The van der Waals surface area contributed by atoms with Crippen LogP contribution in [0.25, 0.3) is 0 Å². The van der Waals surface area contributed by atoms with Crippen LogP contribution in [0.4, 0.5) is 13.2 Å². The van der Waals surface area contributed by atoms with Gasteiger partial charge in [-0.1, -0.05) is 20.8 Å². The number of hydrogen-bond acceptors (Lipinski definition) is 5. The molecular formula is C17H26F3N3O4. The fourth-order valence-corrected chi connectivity index (χ4v) is 3.76. The number of ketones is 1. The second-order valence-electron chi connectivity index (χ2n) is 8.30. The summed E-state index contributed by atoms with van der Waals surface area (Å²) in [6, 6.07) is -3.28. The summed E-state index contributed by atoms with van der Waals surface area (Å²) in [4.78, 5) is 36.3. The van der Waals surface area contributed by atoms with E-state index in [1.807, 2.05) is 5.32 Å². The Morgan fingerprint density at radius 1 is 1.22 bits per heavy atom. The van der Waals surface area contributed by atoms with Gasteiger partial charge >= 0.3 is 12.1 Å². The zero-order valence-corrected chi connectivity index (χ0v) is 15.6. The number of halogens is 3. The second-order valence-corrected chi connectivity index (χ2v) is 8.30. The zero-order valence-electron chi connectivity index (χ0n) is 15.6. The fraction of sp³-hybridized carbons (Fsp3) is 0.824. The molecule has 2 fully saturated rings. The number of amides is 2. The Labute approximate surface area is 155 Å². The van der Waals surface area contributed by atoms with E-state index in [0.717, 1.165) is 12.8 Å². The van der Waals surface area contributed by atoms with Crippen molar-refractivity contribution in [1.29, 1.82) is 0 Å². The van der Waals surface area contributed by atoms with Crippen molar-refractivity contribution >= 4 is 17.6 Å². The van der Waals surface area contributed by atoms with Crippen molar-refractivity contribution in [2.45, 2.75) is 76.4 Å². The summed E-state index contributed by atoms with van der Waals surface area (Å²) in [6.45, 7) is 5.05. The topological polar surface area (TPSA) is 111 Å². The SMILES string of the molecule is CC(C)(C)[C@H](NC(=O)C(F)(F)F)C(=O)C1NC(C(N)=O)CC12CCCCO2. The average molecular weight is 393 g/mol. The number of alkyl halides is 3. The first-order valence-electron chi connectivity index (χ1n) is 8.89. The molecule has 2 amide bonds. The summed E-state index contributed by atoms with van der Waals surface area (Å²) >= 11 is 0. The van der Waals surface area contributed by atoms with E-state index in [0.29, 0.717) is 13.0 Å². The molecule has 3 unspecified atom stereocenters. The van der Waals surface area contributed by atoms with Gasteiger partial charge in [0.25, 0.3) is 0 Å². The summed E-state index contributed by atoms with van der Waals surface area (Å²) < 4.78 is 44.0. The van der Waals surface area contributed by atoms with E-state index in [9.17, 15) is 27.6 Å². The van der Waals surface area contributed by atoms with Gasteiger partial charge in [-0.15, -0.1) is 0 Å². The Morgan fingerprint density at radius 2 is 1.85 bits per heavy atom. The first-order chi connectivity index (χ1) is 12.3. The number of primary amides is 1. The molecule has 27 heavy (non-hydrogen) atoms. The van der Waals surface area contributed by atoms with Crippen LogP contribution >= 0.6 is 0 Å². The molecule has 0 aromatic rings. The number of nitrogens with two attached hydrogens (primary N) is 1. The molecule has 2 saturated heterocycles. The molecule has 0 bridgehead atoms. The van der Waals surface area contributed by atoms with Crippen molar-refractivity contribution in [3.8, 4) is 0 Å². The summed E-state index contributed by atoms with van der Waals surface area (Å²) in [7, 11) is 0. The van der Waals surface area contributed by atoms with E-state index in [2.05, 4.69) is 5.32 Å². The minimum atomic E-state index is -5.11. The van der Waals surface area contributed by atoms with Crippen LogP contribution in [-0.4, -0.2) is 54.1 Å². The molecule has 0 saturated carbocycles. The third kappa shape index (κ3) is 4.60. The van der Waals surface area contributed by atoms with Crippen molar-refractivity contribution in [2.75, 3.05) is 6.61 Å². The number of hydrogen-bond donors (Lipinski definition) is 3. The van der Waals surface area contributed by atoms with E-state index in [4.69, 9.17) is 10.5 Å². The quantitative estimate of drug-likeness (QED) is 0.655. The Morgan fingerprint density at radius 3 is 2.30 bits per heavy atom. The van der Waals surface area contributed by atoms with Crippen LogP contribution in [0.5, 0.6) is 0 Å². The third-order valence-corrected chi connectivity index (χ3v) is 5.14. The molecule has 1 spiro atoms. The normalized spacial score (nSPS) is 30.1. The zero-order chi connectivity index (χ0) is 20.6. The fourth-order valence-electron chi connectivity index (χ4n) is 3.76. The van der Waals surface area contributed by atoms with Gasteiger partial charge in [0, 0.05) is 13.0 Å². The molecule has 2 aliphatic heterocycles. The molecule has 2 heterocycles. The van der Waals surface area contributed by atoms with Crippen LogP contribution in [-0.2, 0) is 19.1 Å². The Hall–Kier alpha value is -1.68. The van der Waals surface area contributed by atoms with Crippen LogP contribution < -0.4 is 16.4 Å². The lowest BCUT2D eigenvalue weighted by atomic mass is 9.76. The lowest BCUT2D eigenvalue weighted by Gasteiger charge is -2.40. The van der Waals surface area contributed by atoms with E-state index < -0.39 is 52.9 Å². The molecule has 154 valence electrons. The Bertz CT molecular complexity index is 610. The van der Waals surface area contributed by atoms with Gasteiger partial charge in [0.1, 0.15) is 0 Å². The van der Waals surface area contributed by atoms with Gasteiger partial charge in [0.15, 0.2) is 5.78 Å². The van der Waals surface area contributed by atoms with Gasteiger partial charge < -0.3 is 15.8 Å². The predicted molar refractivity (Wildman–Crippen MR) is 89.5 cm³/mol. The molecule has 2 aliphatic rings. The van der Waals surface area contributed by atoms with Crippen molar-refractivity contribution in [3.63, 3.8) is 0 Å². The third-order valence-electron chi connectivity index (χ3n) is 5.14. The van der Waals surface area contributed by atoms with Gasteiger partial charge in [-0.2, -0.15) is 13.2 Å². The lowest BCUT2D eigenvalue weighted by Crippen LogP contribution is -2.62. The van der Waals surface area contributed by atoms with Crippen LogP contribution in [0.1, 0.15) is 46.5 Å². The standard InChI is InChI=1S/C17H26F3N3O4/c1-15(2,3)11(23-14(26)17(18,19)20)10(24)12-16(6-4-5-7-27-16)8-9(22-12)13(21)25/h9,11-12,22H,4-8H2,1-3H3,(H2,21,25)(H,23,26)/t9?,11-,12?,16?/m1/s1. The molecule has 0 aromatic carbocycles. The number of ether oxygens (including phenoxy) is 1. The van der Waals surface area contributed by atoms with Crippen LogP contribution in [0.15, 0.2) is 0 Å². The van der Waals surface area contributed by atoms with Crippen molar-refractivity contribution in [1.82, 2.24) is 10.6 Å².